The summed E-state index contributed by atoms with van der Waals surface area (Å²) in [6, 6.07) is 0. The molecule has 0 fully saturated rings. The summed E-state index contributed by atoms with van der Waals surface area (Å²) >= 11 is 0. The Kier molecular flexibility index (Phi) is 19.6. The van der Waals surface area contributed by atoms with E-state index in [1.165, 1.54) is 57.8 Å². The van der Waals surface area contributed by atoms with Crippen LogP contribution in [0.3, 0.4) is 0 Å². The lowest BCUT2D eigenvalue weighted by Crippen LogP contribution is -2.32. The third-order valence-electron chi connectivity index (χ3n) is 5.68. The molecule has 0 aliphatic heterocycles. The molecule has 0 rings (SSSR count). The Bertz CT molecular complexity index is 449. The van der Waals surface area contributed by atoms with E-state index >= 15 is 0 Å². The number of nitrogens with one attached hydrogen (secondary N) is 1. The van der Waals surface area contributed by atoms with E-state index in [2.05, 4.69) is 19.2 Å². The number of ether oxygens (including phenoxy) is 2. The number of esters is 1. The van der Waals surface area contributed by atoms with Crippen LogP contribution >= 0.6 is 0 Å². The normalized spacial score (nSPS) is 11.6. The Hall–Kier alpha value is -1.26. The van der Waals surface area contributed by atoms with Gasteiger partial charge in [0.05, 0.1) is 6.61 Å². The summed E-state index contributed by atoms with van der Waals surface area (Å²) < 4.78 is 10.7. The first-order chi connectivity index (χ1) is 15.3. The van der Waals surface area contributed by atoms with Crippen LogP contribution in [0.1, 0.15) is 137 Å². The molecule has 0 bridgehead atoms. The van der Waals surface area contributed by atoms with E-state index in [-0.39, 0.29) is 12.1 Å². The molecule has 0 heterocycles. The second-order valence-corrected chi connectivity index (χ2v) is 10.2. The highest BCUT2D eigenvalue weighted by Gasteiger charge is 2.15. The standard InChI is InChI=1S/C27H53NO4/c1-6-8-13-18-24(19-14-9-7-2)20-17-23-31-25(29)21-15-11-10-12-16-22-28-26(30)32-27(3,4)5/h24H,6-23H2,1-5H3,(H,28,30). The summed E-state index contributed by atoms with van der Waals surface area (Å²) in [5.41, 5.74) is -0.455. The number of hydrogen-bond acceptors (Lipinski definition) is 4. The predicted octanol–water partition coefficient (Wildman–Crippen LogP) is 7.95. The molecule has 0 spiro atoms. The average Bonchev–Trinajstić information content (AvgIpc) is 2.71. The molecule has 32 heavy (non-hydrogen) atoms. The van der Waals surface area contributed by atoms with E-state index < -0.39 is 5.60 Å². The fraction of sp³-hybridized carbons (Fsp3) is 0.926. The first-order valence-corrected chi connectivity index (χ1v) is 13.4. The molecule has 1 amide bonds. The van der Waals surface area contributed by atoms with Gasteiger partial charge in [-0.3, -0.25) is 4.79 Å². The smallest absolute Gasteiger partial charge is 0.407 e. The molecule has 1 N–H and O–H groups in total. The molecule has 0 aliphatic rings. The fourth-order valence-corrected chi connectivity index (χ4v) is 3.86. The maximum absolute atomic E-state index is 12.0. The molecule has 0 aliphatic carbocycles. The van der Waals surface area contributed by atoms with Gasteiger partial charge in [0.25, 0.3) is 0 Å². The van der Waals surface area contributed by atoms with Gasteiger partial charge in [0, 0.05) is 13.0 Å². The van der Waals surface area contributed by atoms with Gasteiger partial charge in [-0.2, -0.15) is 0 Å². The molecule has 0 radical (unpaired) electrons. The van der Waals surface area contributed by atoms with Gasteiger partial charge in [-0.15, -0.1) is 0 Å². The second kappa shape index (κ2) is 20.4. The number of unbranched alkanes of at least 4 members (excludes halogenated alkanes) is 8. The largest absolute Gasteiger partial charge is 0.466 e. The molecule has 0 atom stereocenters. The fourth-order valence-electron chi connectivity index (χ4n) is 3.86. The Morgan fingerprint density at radius 1 is 0.750 bits per heavy atom. The van der Waals surface area contributed by atoms with Gasteiger partial charge in [-0.05, 0) is 52.4 Å². The predicted molar refractivity (Wildman–Crippen MR) is 134 cm³/mol. The summed E-state index contributed by atoms with van der Waals surface area (Å²) in [5, 5.41) is 2.78. The molecule has 5 nitrogen and oxygen atoms in total. The minimum absolute atomic E-state index is 0.0508. The highest BCUT2D eigenvalue weighted by molar-refractivity contribution is 5.69. The van der Waals surface area contributed by atoms with Crippen LogP contribution in [0.15, 0.2) is 0 Å². The topological polar surface area (TPSA) is 64.6 Å². The van der Waals surface area contributed by atoms with Gasteiger partial charge < -0.3 is 14.8 Å². The van der Waals surface area contributed by atoms with Crippen molar-refractivity contribution in [2.75, 3.05) is 13.2 Å². The molecular weight excluding hydrogens is 402 g/mol. The summed E-state index contributed by atoms with van der Waals surface area (Å²) in [6.07, 6.45) is 17.9. The maximum Gasteiger partial charge on any atom is 0.407 e. The van der Waals surface area contributed by atoms with Crippen molar-refractivity contribution in [1.29, 1.82) is 0 Å². The lowest BCUT2D eigenvalue weighted by Gasteiger charge is -2.19. The lowest BCUT2D eigenvalue weighted by molar-refractivity contribution is -0.144. The first kappa shape index (κ1) is 30.7. The van der Waals surface area contributed by atoms with Crippen LogP contribution in [-0.2, 0) is 14.3 Å². The van der Waals surface area contributed by atoms with Crippen molar-refractivity contribution in [3.8, 4) is 0 Å². The second-order valence-electron chi connectivity index (χ2n) is 10.2. The number of rotatable bonds is 20. The Balaban J connectivity index is 3.65. The third-order valence-corrected chi connectivity index (χ3v) is 5.68. The Morgan fingerprint density at radius 3 is 1.91 bits per heavy atom. The summed E-state index contributed by atoms with van der Waals surface area (Å²) in [4.78, 5) is 23.5. The molecule has 0 aromatic carbocycles. The molecule has 190 valence electrons. The van der Waals surface area contributed by atoms with E-state index in [1.807, 2.05) is 20.8 Å². The van der Waals surface area contributed by atoms with Gasteiger partial charge in [0.15, 0.2) is 0 Å². The van der Waals surface area contributed by atoms with Gasteiger partial charge >= 0.3 is 12.1 Å². The monoisotopic (exact) mass is 455 g/mol. The minimum atomic E-state index is -0.455. The number of hydrogen-bond donors (Lipinski definition) is 1. The summed E-state index contributed by atoms with van der Waals surface area (Å²) in [6.45, 7) is 11.3. The van der Waals surface area contributed by atoms with E-state index in [1.54, 1.807) is 0 Å². The van der Waals surface area contributed by atoms with Crippen molar-refractivity contribution in [3.05, 3.63) is 0 Å². The van der Waals surface area contributed by atoms with Gasteiger partial charge in [-0.25, -0.2) is 4.79 Å². The molecule has 0 saturated heterocycles. The quantitative estimate of drug-likeness (QED) is 0.149. The van der Waals surface area contributed by atoms with Crippen molar-refractivity contribution >= 4 is 12.1 Å². The van der Waals surface area contributed by atoms with Gasteiger partial charge in [0.2, 0.25) is 0 Å². The highest BCUT2D eigenvalue weighted by atomic mass is 16.6. The minimum Gasteiger partial charge on any atom is -0.466 e. The zero-order chi connectivity index (χ0) is 24.1. The number of carbonyl (C=O) groups is 2. The van der Waals surface area contributed by atoms with Crippen molar-refractivity contribution in [2.24, 2.45) is 5.92 Å². The van der Waals surface area contributed by atoms with Crippen molar-refractivity contribution in [1.82, 2.24) is 5.32 Å². The average molecular weight is 456 g/mol. The van der Waals surface area contributed by atoms with Crippen LogP contribution in [-0.4, -0.2) is 30.8 Å². The number of alkyl carbamates (subject to hydrolysis) is 1. The van der Waals surface area contributed by atoms with E-state index in [4.69, 9.17) is 9.47 Å². The Morgan fingerprint density at radius 2 is 1.31 bits per heavy atom. The van der Waals surface area contributed by atoms with E-state index in [0.29, 0.717) is 19.6 Å². The number of carbonyl (C=O) groups excluding carboxylic acids is 2. The van der Waals surface area contributed by atoms with Gasteiger partial charge in [0.1, 0.15) is 5.60 Å². The molecule has 0 saturated carbocycles. The van der Waals surface area contributed by atoms with Crippen LogP contribution < -0.4 is 5.32 Å². The van der Waals surface area contributed by atoms with Gasteiger partial charge in [-0.1, -0.05) is 84.5 Å². The first-order valence-electron chi connectivity index (χ1n) is 13.4. The van der Waals surface area contributed by atoms with Crippen LogP contribution in [0.4, 0.5) is 4.79 Å². The van der Waals surface area contributed by atoms with Crippen LogP contribution in [0, 0.1) is 5.92 Å². The molecule has 0 unspecified atom stereocenters. The molecule has 5 heteroatoms. The Labute approximate surface area is 198 Å². The van der Waals surface area contributed by atoms with Crippen molar-refractivity contribution in [3.63, 3.8) is 0 Å². The third kappa shape index (κ3) is 22.0. The zero-order valence-corrected chi connectivity index (χ0v) is 21.9. The van der Waals surface area contributed by atoms with Crippen LogP contribution in [0.2, 0.25) is 0 Å². The van der Waals surface area contributed by atoms with Crippen molar-refractivity contribution in [2.45, 2.75) is 143 Å². The SMILES string of the molecule is CCCCCC(CCCCC)CCCOC(=O)CCCCCCCNC(=O)OC(C)(C)C. The van der Waals surface area contributed by atoms with Crippen molar-refractivity contribution < 1.29 is 19.1 Å². The maximum atomic E-state index is 12.0. The summed E-state index contributed by atoms with van der Waals surface area (Å²) in [7, 11) is 0. The van der Waals surface area contributed by atoms with E-state index in [9.17, 15) is 9.59 Å². The lowest BCUT2D eigenvalue weighted by atomic mass is 9.91. The van der Waals surface area contributed by atoms with E-state index in [0.717, 1.165) is 44.4 Å². The molecular formula is C27H53NO4. The summed E-state index contributed by atoms with van der Waals surface area (Å²) in [5.74, 6) is 0.752. The van der Waals surface area contributed by atoms with Crippen LogP contribution in [0.5, 0.6) is 0 Å². The molecule has 0 aromatic heterocycles. The van der Waals surface area contributed by atoms with Crippen LogP contribution in [0.25, 0.3) is 0 Å². The zero-order valence-electron chi connectivity index (χ0n) is 21.9. The molecule has 0 aromatic rings. The highest BCUT2D eigenvalue weighted by Crippen LogP contribution is 2.22. The number of amides is 1.